The van der Waals surface area contributed by atoms with E-state index in [9.17, 15) is 19.2 Å². The Kier molecular flexibility index (Phi) is 14.0. The number of carbonyl (C=O) groups is 4. The van der Waals surface area contributed by atoms with Gasteiger partial charge in [0.2, 0.25) is 5.91 Å². The van der Waals surface area contributed by atoms with Crippen molar-refractivity contribution in [1.82, 2.24) is 19.6 Å². The van der Waals surface area contributed by atoms with Gasteiger partial charge in [-0.15, -0.1) is 0 Å². The molecule has 3 aromatic carbocycles. The first-order valence-electron chi connectivity index (χ1n) is 18.9. The van der Waals surface area contributed by atoms with Crippen LogP contribution in [0, 0.1) is 6.92 Å². The molecule has 286 valence electrons. The number of nitrogens with zero attached hydrogens (tertiary/aromatic N) is 5. The van der Waals surface area contributed by atoms with Crippen molar-refractivity contribution in [2.24, 2.45) is 0 Å². The van der Waals surface area contributed by atoms with Gasteiger partial charge in [-0.25, -0.2) is 4.68 Å². The van der Waals surface area contributed by atoms with Crippen molar-refractivity contribution in [3.8, 4) is 11.4 Å². The van der Waals surface area contributed by atoms with E-state index in [1.165, 1.54) is 5.56 Å². The number of hydrogen-bond acceptors (Lipinski definition) is 7. The number of anilines is 2. The molecule has 0 atom stereocenters. The number of unbranched alkanes of at least 4 members (excludes halogenated alkanes) is 2. The maximum absolute atomic E-state index is 14.3. The first-order valence-corrected chi connectivity index (χ1v) is 18.9. The smallest absolute Gasteiger partial charge is 0.274 e. The van der Waals surface area contributed by atoms with Crippen LogP contribution in [-0.2, 0) is 22.6 Å². The van der Waals surface area contributed by atoms with Gasteiger partial charge in [-0.3, -0.25) is 19.2 Å². The maximum Gasteiger partial charge on any atom is 0.274 e. The van der Waals surface area contributed by atoms with Crippen molar-refractivity contribution < 1.29 is 29.0 Å². The summed E-state index contributed by atoms with van der Waals surface area (Å²) in [6.07, 6.45) is 5.94. The predicted octanol–water partition coefficient (Wildman–Crippen LogP) is 6.17. The summed E-state index contributed by atoms with van der Waals surface area (Å²) in [5.74, 6) is -0.0879. The van der Waals surface area contributed by atoms with Crippen LogP contribution in [0.1, 0.15) is 90.0 Å². The number of fused-ring (bicyclic) bond motifs is 1. The van der Waals surface area contributed by atoms with Gasteiger partial charge in [-0.05, 0) is 92.3 Å². The Morgan fingerprint density at radius 1 is 0.889 bits per heavy atom. The average Bonchev–Trinajstić information content (AvgIpc) is 3.82. The molecule has 3 heterocycles. The highest BCUT2D eigenvalue weighted by molar-refractivity contribution is 6.01. The number of carbonyl (C=O) groups excluding carboxylic acids is 4. The summed E-state index contributed by atoms with van der Waals surface area (Å²) < 4.78 is 7.41. The van der Waals surface area contributed by atoms with Gasteiger partial charge in [0, 0.05) is 63.3 Å². The molecule has 0 unspecified atom stereocenters. The molecule has 0 saturated carbocycles. The van der Waals surface area contributed by atoms with Gasteiger partial charge in [0.15, 0.2) is 12.3 Å². The normalized spacial score (nSPS) is 13.5. The zero-order valence-corrected chi connectivity index (χ0v) is 31.8. The second-order valence-corrected chi connectivity index (χ2v) is 13.5. The van der Waals surface area contributed by atoms with Crippen LogP contribution >= 0.6 is 0 Å². The van der Waals surface area contributed by atoms with E-state index >= 15 is 0 Å². The lowest BCUT2D eigenvalue weighted by Gasteiger charge is -2.29. The number of aliphatic hydroxyl groups is 1. The predicted molar refractivity (Wildman–Crippen MR) is 209 cm³/mol. The number of nitrogens with one attached hydrogen (secondary N) is 1. The Morgan fingerprint density at radius 2 is 1.59 bits per heavy atom. The van der Waals surface area contributed by atoms with Crippen molar-refractivity contribution in [1.29, 1.82) is 0 Å². The summed E-state index contributed by atoms with van der Waals surface area (Å²) in [5, 5.41) is 14.6. The monoisotopic (exact) mass is 736 g/mol. The van der Waals surface area contributed by atoms with Crippen molar-refractivity contribution in [2.45, 2.75) is 72.3 Å². The van der Waals surface area contributed by atoms with Crippen LogP contribution in [-0.4, -0.2) is 88.2 Å². The van der Waals surface area contributed by atoms with Crippen LogP contribution in [0.2, 0.25) is 0 Å². The number of rotatable bonds is 14. The fraction of sp³-hybridized carbons (Fsp3) is 0.405. The molecule has 2 aliphatic rings. The zero-order chi connectivity index (χ0) is 38.6. The van der Waals surface area contributed by atoms with Gasteiger partial charge in [-0.2, -0.15) is 5.10 Å². The zero-order valence-electron chi connectivity index (χ0n) is 31.8. The molecule has 1 fully saturated rings. The summed E-state index contributed by atoms with van der Waals surface area (Å²) >= 11 is 0. The molecule has 4 aromatic rings. The third-order valence-electron chi connectivity index (χ3n) is 9.71. The van der Waals surface area contributed by atoms with E-state index in [1.54, 1.807) is 46.0 Å². The second-order valence-electron chi connectivity index (χ2n) is 13.5. The number of ether oxygens (including phenoxy) is 1. The number of amides is 4. The molecule has 0 radical (unpaired) electrons. The maximum atomic E-state index is 14.3. The van der Waals surface area contributed by atoms with Gasteiger partial charge in [0.1, 0.15) is 5.75 Å². The van der Waals surface area contributed by atoms with E-state index in [4.69, 9.17) is 14.9 Å². The van der Waals surface area contributed by atoms with Crippen molar-refractivity contribution in [3.05, 3.63) is 101 Å². The third-order valence-corrected chi connectivity index (χ3v) is 9.71. The first kappa shape index (κ1) is 39.7. The third kappa shape index (κ3) is 9.54. The molecule has 0 spiro atoms. The number of aliphatic hydroxyl groups excluding tert-OH is 1. The molecular formula is C42H52N6O6. The van der Waals surface area contributed by atoms with Gasteiger partial charge in [0.05, 0.1) is 11.3 Å². The van der Waals surface area contributed by atoms with E-state index in [0.29, 0.717) is 67.5 Å². The Morgan fingerprint density at radius 3 is 2.26 bits per heavy atom. The van der Waals surface area contributed by atoms with Crippen LogP contribution in [0.15, 0.2) is 72.8 Å². The Bertz CT molecular complexity index is 1910. The highest BCUT2D eigenvalue weighted by atomic mass is 16.5. The molecule has 2 N–H and O–H groups in total. The standard InChI is InChI=1S/C41H48N6O5.CH4O/c1-4-6-21-44(22-7-5-2)41(51)36-25-29(3)47(43-36)37-19-14-32(26-35(37)40(50)45-24-20-30-11-8-9-12-31(30)27-45)42-38(48)28-52-34-17-15-33(16-18-34)46-23-10-13-39(46)49;1-2/h8-9,11-12,14-19,25-26H,4-7,10,13,20-24,27-28H2,1-3H3,(H,42,48);2H,1H3. The highest BCUT2D eigenvalue weighted by Crippen LogP contribution is 2.27. The molecule has 6 rings (SSSR count). The van der Waals surface area contributed by atoms with Crippen LogP contribution in [0.25, 0.3) is 5.69 Å². The minimum absolute atomic E-state index is 0.107. The summed E-state index contributed by atoms with van der Waals surface area (Å²) in [7, 11) is 1.00. The minimum atomic E-state index is -0.390. The Balaban J connectivity index is 0.00000276. The molecular weight excluding hydrogens is 684 g/mol. The van der Waals surface area contributed by atoms with E-state index < -0.39 is 0 Å². The first-order chi connectivity index (χ1) is 26.2. The van der Waals surface area contributed by atoms with Gasteiger partial charge >= 0.3 is 0 Å². The van der Waals surface area contributed by atoms with Crippen molar-refractivity contribution in [2.75, 3.05) is 50.1 Å². The van der Waals surface area contributed by atoms with Crippen LogP contribution in [0.5, 0.6) is 5.75 Å². The summed E-state index contributed by atoms with van der Waals surface area (Å²) in [5.41, 5.74) is 5.53. The molecule has 12 heteroatoms. The molecule has 4 amide bonds. The second kappa shape index (κ2) is 19.0. The largest absolute Gasteiger partial charge is 0.484 e. The lowest BCUT2D eigenvalue weighted by Crippen LogP contribution is -2.36. The van der Waals surface area contributed by atoms with Crippen LogP contribution < -0.4 is 15.0 Å². The summed E-state index contributed by atoms with van der Waals surface area (Å²) in [6, 6.07) is 22.2. The number of aromatic nitrogens is 2. The van der Waals surface area contributed by atoms with Crippen molar-refractivity contribution in [3.63, 3.8) is 0 Å². The molecule has 0 bridgehead atoms. The van der Waals surface area contributed by atoms with E-state index in [-0.39, 0.29) is 30.2 Å². The van der Waals surface area contributed by atoms with Crippen LogP contribution in [0.4, 0.5) is 11.4 Å². The molecule has 54 heavy (non-hydrogen) atoms. The van der Waals surface area contributed by atoms with Gasteiger partial charge in [0.25, 0.3) is 17.7 Å². The molecule has 0 aliphatic carbocycles. The summed E-state index contributed by atoms with van der Waals surface area (Å²) in [4.78, 5) is 58.6. The molecule has 12 nitrogen and oxygen atoms in total. The highest BCUT2D eigenvalue weighted by Gasteiger charge is 2.27. The topological polar surface area (TPSA) is 137 Å². The SMILES string of the molecule is CCCCN(CCCC)C(=O)c1cc(C)n(-c2ccc(NC(=O)COc3ccc(N4CCCC4=O)cc3)cc2C(=O)N2CCc3ccccc3C2)n1.CO. The fourth-order valence-electron chi connectivity index (χ4n) is 6.80. The quantitative estimate of drug-likeness (QED) is 0.158. The van der Waals surface area contributed by atoms with Crippen molar-refractivity contribution >= 4 is 35.0 Å². The minimum Gasteiger partial charge on any atom is -0.484 e. The Hall–Kier alpha value is -5.49. The van der Waals surface area contributed by atoms with E-state index in [2.05, 4.69) is 25.2 Å². The average molecular weight is 737 g/mol. The lowest BCUT2D eigenvalue weighted by atomic mass is 9.99. The van der Waals surface area contributed by atoms with E-state index in [1.807, 2.05) is 47.1 Å². The summed E-state index contributed by atoms with van der Waals surface area (Å²) in [6.45, 7) is 8.91. The Labute approximate surface area is 317 Å². The number of hydrogen-bond donors (Lipinski definition) is 2. The van der Waals surface area contributed by atoms with Crippen LogP contribution in [0.3, 0.4) is 0 Å². The number of aryl methyl sites for hydroxylation is 1. The fourth-order valence-corrected chi connectivity index (χ4v) is 6.80. The molecule has 1 saturated heterocycles. The van der Waals surface area contributed by atoms with Gasteiger partial charge < -0.3 is 29.9 Å². The number of benzene rings is 3. The van der Waals surface area contributed by atoms with Gasteiger partial charge in [-0.1, -0.05) is 51.0 Å². The van der Waals surface area contributed by atoms with E-state index in [0.717, 1.165) is 62.6 Å². The lowest BCUT2D eigenvalue weighted by molar-refractivity contribution is -0.118. The molecule has 1 aromatic heterocycles. The molecule has 2 aliphatic heterocycles.